The summed E-state index contributed by atoms with van der Waals surface area (Å²) in [6, 6.07) is -4.47. The van der Waals surface area contributed by atoms with E-state index in [9.17, 15) is 43.2 Å². The van der Waals surface area contributed by atoms with Crippen LogP contribution in [0.25, 0.3) is 0 Å². The van der Waals surface area contributed by atoms with E-state index in [0.717, 1.165) is 13.0 Å². The predicted octanol–water partition coefficient (Wildman–Crippen LogP) is -2.63. The molecule has 5 aliphatic rings. The molecule has 20 heteroatoms. The van der Waals surface area contributed by atoms with Gasteiger partial charge in [-0.3, -0.25) is 43.2 Å². The highest BCUT2D eigenvalue weighted by Gasteiger charge is 2.44. The van der Waals surface area contributed by atoms with E-state index in [4.69, 9.17) is 5.11 Å². The van der Waals surface area contributed by atoms with Crippen LogP contribution in [-0.4, -0.2) is 179 Å². The first kappa shape index (κ1) is 42.7. The number of likely N-dealkylation sites (tertiary alicyclic amines) is 4. The third kappa shape index (κ3) is 10.5. The monoisotopic (exact) mass is 805 g/mol. The second-order valence-corrected chi connectivity index (χ2v) is 15.9. The third-order valence-corrected chi connectivity index (χ3v) is 11.9. The Morgan fingerprint density at radius 3 is 1.59 bits per heavy atom. The summed E-state index contributed by atoms with van der Waals surface area (Å²) in [5, 5.41) is 22.5. The normalized spacial score (nSPS) is 25.2. The molecule has 0 aliphatic carbocycles. The van der Waals surface area contributed by atoms with Gasteiger partial charge in [0.15, 0.2) is 0 Å². The Balaban J connectivity index is 1.11. The molecule has 310 valence electrons. The fourth-order valence-corrected chi connectivity index (χ4v) is 8.84. The van der Waals surface area contributed by atoms with Gasteiger partial charge in [-0.1, -0.05) is 0 Å². The Morgan fingerprint density at radius 1 is 0.625 bits per heavy atom. The van der Waals surface area contributed by atoms with E-state index in [1.54, 1.807) is 0 Å². The van der Waals surface area contributed by atoms with Gasteiger partial charge in [0.25, 0.3) is 0 Å². The Labute approximate surface area is 330 Å². The van der Waals surface area contributed by atoms with Crippen molar-refractivity contribution >= 4 is 65.0 Å². The van der Waals surface area contributed by atoms with Gasteiger partial charge in [0.2, 0.25) is 47.3 Å². The lowest BCUT2D eigenvalue weighted by Gasteiger charge is -2.32. The molecule has 0 unspecified atom stereocenters. The average Bonchev–Trinajstić information content (AvgIpc) is 4.04. The van der Waals surface area contributed by atoms with Gasteiger partial charge >= 0.3 is 5.97 Å². The molecule has 0 saturated carbocycles. The average molecular weight is 806 g/mol. The fraction of sp³-hybridized carbons (Fsp3) is 0.750. The predicted molar refractivity (Wildman–Crippen MR) is 202 cm³/mol. The lowest BCUT2D eigenvalue weighted by molar-refractivity contribution is -0.148. The maximum Gasteiger partial charge on any atom is 0.322 e. The zero-order valence-corrected chi connectivity index (χ0v) is 32.7. The molecule has 5 rings (SSSR count). The van der Waals surface area contributed by atoms with E-state index >= 15 is 0 Å². The number of nitrogens with zero attached hydrogens (tertiary/aromatic N) is 4. The molecule has 8 amide bonds. The van der Waals surface area contributed by atoms with Gasteiger partial charge in [-0.2, -0.15) is 11.8 Å². The fourth-order valence-electron chi connectivity index (χ4n) is 8.37. The Bertz CT molecular complexity index is 1530. The van der Waals surface area contributed by atoms with Crippen molar-refractivity contribution in [1.82, 2.24) is 46.2 Å². The maximum absolute atomic E-state index is 13.9. The van der Waals surface area contributed by atoms with Crippen molar-refractivity contribution in [3.63, 3.8) is 0 Å². The van der Waals surface area contributed by atoms with Gasteiger partial charge in [0, 0.05) is 26.2 Å². The smallest absolute Gasteiger partial charge is 0.322 e. The van der Waals surface area contributed by atoms with Crippen LogP contribution in [0.2, 0.25) is 0 Å². The first-order valence-electron chi connectivity index (χ1n) is 19.7. The van der Waals surface area contributed by atoms with E-state index in [2.05, 4.69) is 26.6 Å². The Morgan fingerprint density at radius 2 is 1.11 bits per heavy atom. The molecule has 19 nitrogen and oxygen atoms in total. The van der Waals surface area contributed by atoms with Crippen LogP contribution in [0.3, 0.4) is 0 Å². The van der Waals surface area contributed by atoms with E-state index in [1.807, 2.05) is 6.26 Å². The van der Waals surface area contributed by atoms with E-state index in [1.165, 1.54) is 31.4 Å². The minimum absolute atomic E-state index is 0.251. The van der Waals surface area contributed by atoms with Crippen LogP contribution in [-0.2, 0) is 43.2 Å². The summed E-state index contributed by atoms with van der Waals surface area (Å²) in [4.78, 5) is 123. The lowest BCUT2D eigenvalue weighted by Crippen LogP contribution is -2.56. The molecule has 5 fully saturated rings. The standard InChI is InChI=1S/C36H55N9O10S/c1-56-18-12-23(41-32(51)22-7-2-13-37-22)31(50)38-19-28(46)42-14-5-10-26(42)35(54)44-16-3-8-24(44)33(52)39-20-29(47)43-15-6-11-27(43)36(55)45-17-4-9-25(45)34(53)40-21-30(48)49/h22-27,37H,2-21H2,1H3,(H,38,50)(H,39,52)(H,40,53)(H,41,51)(H,48,49)/t22-,23-,24-,25-,26-,27-/m0/s1. The number of rotatable bonds is 16. The largest absolute Gasteiger partial charge is 0.480 e. The van der Waals surface area contributed by atoms with Crippen LogP contribution in [0.15, 0.2) is 0 Å². The van der Waals surface area contributed by atoms with Crippen LogP contribution >= 0.6 is 11.8 Å². The van der Waals surface area contributed by atoms with Crippen LogP contribution < -0.4 is 26.6 Å². The number of hydrogen-bond acceptors (Lipinski definition) is 11. The van der Waals surface area contributed by atoms with E-state index < -0.39 is 84.7 Å². The Hall–Kier alpha value is -4.46. The van der Waals surface area contributed by atoms with Gasteiger partial charge in [-0.25, -0.2) is 0 Å². The van der Waals surface area contributed by atoms with Crippen LogP contribution in [0.1, 0.15) is 70.6 Å². The van der Waals surface area contributed by atoms with Gasteiger partial charge in [0.1, 0.15) is 36.8 Å². The van der Waals surface area contributed by atoms with E-state index in [0.29, 0.717) is 96.1 Å². The molecule has 5 heterocycles. The number of carboxylic acid groups (broad SMARTS) is 1. The van der Waals surface area contributed by atoms with Gasteiger partial charge in [0.05, 0.1) is 19.1 Å². The molecular formula is C36H55N9O10S. The third-order valence-electron chi connectivity index (χ3n) is 11.3. The summed E-state index contributed by atoms with van der Waals surface area (Å²) in [7, 11) is 0. The number of hydrogen-bond donors (Lipinski definition) is 6. The van der Waals surface area contributed by atoms with Crippen molar-refractivity contribution in [1.29, 1.82) is 0 Å². The number of nitrogens with one attached hydrogen (secondary N) is 5. The SMILES string of the molecule is CSCC[C@H](NC(=O)[C@@H]1CCCN1)C(=O)NCC(=O)N1CCC[C@H]1C(=O)N1CCC[C@H]1C(=O)NCC(=O)N1CCC[C@H]1C(=O)N1CCC[C@H]1C(=O)NCC(=O)O. The number of carboxylic acids is 1. The molecule has 56 heavy (non-hydrogen) atoms. The number of carbonyl (C=O) groups is 9. The second kappa shape index (κ2) is 20.1. The van der Waals surface area contributed by atoms with Crippen molar-refractivity contribution in [2.75, 3.05) is 64.4 Å². The highest BCUT2D eigenvalue weighted by atomic mass is 32.2. The van der Waals surface area contributed by atoms with Crippen molar-refractivity contribution in [2.45, 2.75) is 107 Å². The molecule has 0 aromatic carbocycles. The lowest BCUT2D eigenvalue weighted by atomic mass is 10.1. The van der Waals surface area contributed by atoms with Gasteiger partial charge in [-0.15, -0.1) is 0 Å². The first-order valence-corrected chi connectivity index (χ1v) is 21.1. The van der Waals surface area contributed by atoms with Crippen molar-refractivity contribution in [2.24, 2.45) is 0 Å². The van der Waals surface area contributed by atoms with Crippen molar-refractivity contribution in [3.05, 3.63) is 0 Å². The maximum atomic E-state index is 13.9. The molecule has 0 aromatic heterocycles. The van der Waals surface area contributed by atoms with Crippen molar-refractivity contribution < 1.29 is 48.3 Å². The van der Waals surface area contributed by atoms with E-state index in [-0.39, 0.29) is 24.4 Å². The first-order chi connectivity index (χ1) is 26.9. The molecule has 0 bridgehead atoms. The quantitative estimate of drug-likeness (QED) is 0.0939. The molecule has 0 radical (unpaired) electrons. The zero-order valence-electron chi connectivity index (χ0n) is 31.9. The number of aliphatic carboxylic acids is 1. The minimum Gasteiger partial charge on any atom is -0.480 e. The van der Waals surface area contributed by atoms with Crippen LogP contribution in [0.4, 0.5) is 0 Å². The molecule has 0 aromatic rings. The van der Waals surface area contributed by atoms with Crippen molar-refractivity contribution in [3.8, 4) is 0 Å². The van der Waals surface area contributed by atoms with Crippen LogP contribution in [0, 0.1) is 0 Å². The summed E-state index contributed by atoms with van der Waals surface area (Å²) in [5.41, 5.74) is 0. The summed E-state index contributed by atoms with van der Waals surface area (Å²) in [5.74, 6) is -4.06. The number of thioether (sulfide) groups is 1. The number of carbonyl (C=O) groups excluding carboxylic acids is 8. The summed E-state index contributed by atoms with van der Waals surface area (Å²) in [6.45, 7) is 0.635. The second-order valence-electron chi connectivity index (χ2n) is 14.9. The van der Waals surface area contributed by atoms with Crippen LogP contribution in [0.5, 0.6) is 0 Å². The highest BCUT2D eigenvalue weighted by molar-refractivity contribution is 7.98. The molecule has 6 atom stereocenters. The molecule has 5 saturated heterocycles. The summed E-state index contributed by atoms with van der Waals surface area (Å²) < 4.78 is 0. The Kier molecular flexibility index (Phi) is 15.3. The zero-order chi connectivity index (χ0) is 40.4. The minimum atomic E-state index is -1.20. The highest BCUT2D eigenvalue weighted by Crippen LogP contribution is 2.27. The summed E-state index contributed by atoms with van der Waals surface area (Å²) >= 11 is 1.54. The van der Waals surface area contributed by atoms with Gasteiger partial charge in [-0.05, 0) is 89.2 Å². The number of amides is 8. The molecule has 5 aliphatic heterocycles. The molecule has 0 spiro atoms. The van der Waals surface area contributed by atoms with Gasteiger partial charge < -0.3 is 51.3 Å². The topological polar surface area (TPSA) is 247 Å². The summed E-state index contributed by atoms with van der Waals surface area (Å²) in [6.07, 6.45) is 7.61. The molecular weight excluding hydrogens is 751 g/mol. The molecule has 6 N–H and O–H groups in total.